The summed E-state index contributed by atoms with van der Waals surface area (Å²) in [6, 6.07) is 3.39. The van der Waals surface area contributed by atoms with Gasteiger partial charge < -0.3 is 24.4 Å². The summed E-state index contributed by atoms with van der Waals surface area (Å²) in [4.78, 5) is 39.0. The fourth-order valence-corrected chi connectivity index (χ4v) is 7.88. The monoisotopic (exact) mass is 560 g/mol. The molecule has 0 saturated carbocycles. The summed E-state index contributed by atoms with van der Waals surface area (Å²) in [6.07, 6.45) is 0. The van der Waals surface area contributed by atoms with Gasteiger partial charge in [-0.3, -0.25) is 14.5 Å². The van der Waals surface area contributed by atoms with Crippen molar-refractivity contribution in [2.45, 2.75) is 27.2 Å². The van der Waals surface area contributed by atoms with E-state index < -0.39 is 40.1 Å². The summed E-state index contributed by atoms with van der Waals surface area (Å²) in [6.45, 7) is 0.134. The number of ether oxygens (including phenoxy) is 2. The van der Waals surface area contributed by atoms with Crippen molar-refractivity contribution in [2.75, 3.05) is 31.5 Å². The molecule has 13 nitrogen and oxygen atoms in total. The SMILES string of the molecule is COCn1nnnc1SCC1=C(C(=O)O)N2C(=O)[C@](NC(=O)C[S+]([O-])c3cccs3)(OC)[C@@H]2SC1. The number of carbonyl (C=O) groups excluding carboxylic acids is 2. The number of β-lactam (4-membered cyclic amide) rings is 1. The Balaban J connectivity index is 1.49. The van der Waals surface area contributed by atoms with Gasteiger partial charge in [-0.25, -0.2) is 4.79 Å². The van der Waals surface area contributed by atoms with Gasteiger partial charge in [-0.1, -0.05) is 23.1 Å². The number of tetrazole rings is 1. The summed E-state index contributed by atoms with van der Waals surface area (Å²) in [5.74, 6) is -2.48. The lowest BCUT2D eigenvalue weighted by atomic mass is 9.98. The molecule has 1 unspecified atom stereocenters. The molecule has 0 bridgehead atoms. The van der Waals surface area contributed by atoms with E-state index >= 15 is 0 Å². The number of fused-ring (bicyclic) bond motifs is 1. The van der Waals surface area contributed by atoms with E-state index in [2.05, 4.69) is 20.8 Å². The Bertz CT molecular complexity index is 1140. The van der Waals surface area contributed by atoms with Gasteiger partial charge in [0.25, 0.3) is 17.5 Å². The molecule has 3 atom stereocenters. The fourth-order valence-electron chi connectivity index (χ4n) is 3.54. The number of rotatable bonds is 11. The molecule has 2 aromatic heterocycles. The van der Waals surface area contributed by atoms with Crippen LogP contribution < -0.4 is 5.32 Å². The zero-order chi connectivity index (χ0) is 25.2. The summed E-state index contributed by atoms with van der Waals surface area (Å²) in [7, 11) is 2.76. The maximum absolute atomic E-state index is 13.2. The van der Waals surface area contributed by atoms with Crippen LogP contribution in [0, 0.1) is 0 Å². The number of aromatic nitrogens is 4. The van der Waals surface area contributed by atoms with Gasteiger partial charge in [-0.2, -0.15) is 4.68 Å². The number of nitrogens with zero attached hydrogens (tertiary/aromatic N) is 5. The molecule has 188 valence electrons. The third-order valence-electron chi connectivity index (χ3n) is 5.07. The van der Waals surface area contributed by atoms with Crippen LogP contribution in [0.15, 0.2) is 38.1 Å². The van der Waals surface area contributed by atoms with Crippen molar-refractivity contribution in [2.24, 2.45) is 0 Å². The lowest BCUT2D eigenvalue weighted by Crippen LogP contribution is -2.81. The van der Waals surface area contributed by atoms with Gasteiger partial charge >= 0.3 is 5.97 Å². The van der Waals surface area contributed by atoms with E-state index in [0.717, 1.165) is 4.90 Å². The number of amides is 2. The predicted molar refractivity (Wildman–Crippen MR) is 127 cm³/mol. The van der Waals surface area contributed by atoms with Crippen LogP contribution in [0.1, 0.15) is 0 Å². The molecule has 2 N–H and O–H groups in total. The predicted octanol–water partition coefficient (Wildman–Crippen LogP) is -0.0489. The maximum atomic E-state index is 13.2. The number of hydrogen-bond donors (Lipinski definition) is 2. The Morgan fingerprint density at radius 2 is 2.26 bits per heavy atom. The zero-order valence-corrected chi connectivity index (χ0v) is 21.7. The largest absolute Gasteiger partial charge is 0.610 e. The van der Waals surface area contributed by atoms with Gasteiger partial charge in [0, 0.05) is 43.0 Å². The summed E-state index contributed by atoms with van der Waals surface area (Å²) >= 11 is 2.16. The Hall–Kier alpha value is -2.15. The lowest BCUT2D eigenvalue weighted by molar-refractivity contribution is -0.192. The maximum Gasteiger partial charge on any atom is 0.352 e. The second-order valence-corrected chi connectivity index (χ2v) is 11.8. The van der Waals surface area contributed by atoms with Gasteiger partial charge in [-0.15, -0.1) is 16.9 Å². The normalized spacial score (nSPS) is 22.5. The molecule has 0 radical (unpaired) electrons. The molecule has 2 aliphatic heterocycles. The molecule has 0 spiro atoms. The second kappa shape index (κ2) is 10.9. The first kappa shape index (κ1) is 25.9. The molecule has 2 amide bonds. The lowest BCUT2D eigenvalue weighted by Gasteiger charge is -2.55. The number of thiophene rings is 1. The van der Waals surface area contributed by atoms with Gasteiger partial charge in [0.05, 0.1) is 0 Å². The topological polar surface area (TPSA) is 172 Å². The van der Waals surface area contributed by atoms with Crippen molar-refractivity contribution in [3.63, 3.8) is 0 Å². The smallest absolute Gasteiger partial charge is 0.352 e. The van der Waals surface area contributed by atoms with Crippen molar-refractivity contribution >= 4 is 63.8 Å². The van der Waals surface area contributed by atoms with Crippen LogP contribution in [0.3, 0.4) is 0 Å². The minimum Gasteiger partial charge on any atom is -0.610 e. The van der Waals surface area contributed by atoms with E-state index in [1.165, 1.54) is 53.8 Å². The average Bonchev–Trinajstić information content (AvgIpc) is 3.53. The van der Waals surface area contributed by atoms with Crippen LogP contribution in [0.5, 0.6) is 0 Å². The standard InChI is InChI=1S/C18H20N6O7S4/c1-30-9-23-17(20-21-22-23)34-7-10-6-33-16-18(31-2,15(28)24(16)13(10)14(26)27)19-11(25)8-35(29)12-4-3-5-32-12/h3-5,16H,6-9H2,1-2H3,(H,19,25)(H,26,27)/t16-,18-,35?/m0/s1. The summed E-state index contributed by atoms with van der Waals surface area (Å²) < 4.78 is 24.8. The van der Waals surface area contributed by atoms with Crippen LogP contribution in [-0.2, 0) is 41.8 Å². The van der Waals surface area contributed by atoms with Crippen LogP contribution in [-0.4, -0.2) is 95.1 Å². The van der Waals surface area contributed by atoms with E-state index in [0.29, 0.717) is 14.9 Å². The highest BCUT2D eigenvalue weighted by molar-refractivity contribution is 8.01. The highest BCUT2D eigenvalue weighted by atomic mass is 32.2. The molecule has 1 saturated heterocycles. The molecule has 2 aromatic rings. The molecular weight excluding hydrogens is 541 g/mol. The minimum atomic E-state index is -1.75. The van der Waals surface area contributed by atoms with Crippen molar-refractivity contribution in [1.82, 2.24) is 30.4 Å². The highest BCUT2D eigenvalue weighted by Crippen LogP contribution is 2.47. The Kier molecular flexibility index (Phi) is 8.04. The van der Waals surface area contributed by atoms with Crippen molar-refractivity contribution in [3.05, 3.63) is 28.8 Å². The average molecular weight is 561 g/mol. The van der Waals surface area contributed by atoms with Crippen molar-refractivity contribution < 1.29 is 33.5 Å². The van der Waals surface area contributed by atoms with E-state index in [-0.39, 0.29) is 29.7 Å². The number of aliphatic carboxylic acids is 1. The first-order valence-corrected chi connectivity index (χ1v) is 14.1. The molecule has 35 heavy (non-hydrogen) atoms. The van der Waals surface area contributed by atoms with Gasteiger partial charge in [0.1, 0.15) is 17.8 Å². The number of hydrogen-bond acceptors (Lipinski definition) is 12. The zero-order valence-electron chi connectivity index (χ0n) is 18.4. The molecule has 4 heterocycles. The molecule has 0 aliphatic carbocycles. The number of carboxylic acid groups (broad SMARTS) is 1. The number of nitrogens with one attached hydrogen (secondary N) is 1. The third kappa shape index (κ3) is 4.93. The molecule has 1 fully saturated rings. The van der Waals surface area contributed by atoms with E-state index in [1.807, 2.05) is 0 Å². The second-order valence-electron chi connectivity index (χ2n) is 7.17. The molecular formula is C18H20N6O7S4. The fraction of sp³-hybridized carbons (Fsp3) is 0.444. The van der Waals surface area contributed by atoms with Crippen molar-refractivity contribution in [3.8, 4) is 0 Å². The minimum absolute atomic E-state index is 0.134. The van der Waals surface area contributed by atoms with Crippen LogP contribution >= 0.6 is 34.9 Å². The van der Waals surface area contributed by atoms with Gasteiger partial charge in [0.2, 0.25) is 9.37 Å². The number of carboxylic acids is 1. The molecule has 17 heteroatoms. The molecule has 2 aliphatic rings. The van der Waals surface area contributed by atoms with Crippen LogP contribution in [0.4, 0.5) is 0 Å². The van der Waals surface area contributed by atoms with Crippen LogP contribution in [0.25, 0.3) is 0 Å². The van der Waals surface area contributed by atoms with Gasteiger partial charge in [0.15, 0.2) is 5.75 Å². The summed E-state index contributed by atoms with van der Waals surface area (Å²) in [5, 5.41) is 25.1. The quantitative estimate of drug-likeness (QED) is 0.163. The Morgan fingerprint density at radius 1 is 1.46 bits per heavy atom. The van der Waals surface area contributed by atoms with Crippen LogP contribution in [0.2, 0.25) is 0 Å². The first-order chi connectivity index (χ1) is 16.8. The van der Waals surface area contributed by atoms with E-state index in [9.17, 15) is 24.0 Å². The van der Waals surface area contributed by atoms with Crippen molar-refractivity contribution in [1.29, 1.82) is 0 Å². The van der Waals surface area contributed by atoms with Gasteiger partial charge in [-0.05, 0) is 27.4 Å². The molecule has 0 aromatic carbocycles. The van der Waals surface area contributed by atoms with E-state index in [1.54, 1.807) is 17.5 Å². The van der Waals surface area contributed by atoms with E-state index in [4.69, 9.17) is 9.47 Å². The third-order valence-corrected chi connectivity index (χ3v) is 10.1. The Labute approximate surface area is 214 Å². The summed E-state index contributed by atoms with van der Waals surface area (Å²) in [5.41, 5.74) is -1.41. The first-order valence-electron chi connectivity index (χ1n) is 9.89. The number of methoxy groups -OCH3 is 2. The number of carbonyl (C=O) groups is 3. The number of thioether (sulfide) groups is 2. The Morgan fingerprint density at radius 3 is 2.91 bits per heavy atom. The highest BCUT2D eigenvalue weighted by Gasteiger charge is 2.66. The molecule has 4 rings (SSSR count).